The molecule has 4 rings (SSSR count). The lowest BCUT2D eigenvalue weighted by Gasteiger charge is -2.14. The first-order chi connectivity index (χ1) is 13.9. The fourth-order valence-corrected chi connectivity index (χ4v) is 3.70. The molecule has 4 N–H and O–H groups in total. The van der Waals surface area contributed by atoms with E-state index in [0.29, 0.717) is 17.9 Å². The van der Waals surface area contributed by atoms with E-state index in [9.17, 15) is 14.4 Å². The van der Waals surface area contributed by atoms with E-state index in [-0.39, 0.29) is 29.2 Å². The molecular formula is C19H22N6O4. The monoisotopic (exact) mass is 398 g/mol. The number of pyridine rings is 1. The number of H-pyrrole nitrogens is 1. The van der Waals surface area contributed by atoms with Gasteiger partial charge in [0, 0.05) is 29.9 Å². The van der Waals surface area contributed by atoms with Gasteiger partial charge in [0.1, 0.15) is 6.10 Å². The van der Waals surface area contributed by atoms with Crippen LogP contribution in [-0.4, -0.2) is 45.2 Å². The second-order valence-electron chi connectivity index (χ2n) is 7.56. The van der Waals surface area contributed by atoms with Crippen LogP contribution in [0.1, 0.15) is 65.4 Å². The topological polar surface area (TPSA) is 138 Å². The highest BCUT2D eigenvalue weighted by Crippen LogP contribution is 2.36. The van der Waals surface area contributed by atoms with E-state index >= 15 is 0 Å². The number of aromatic amines is 1. The Morgan fingerprint density at radius 1 is 1.24 bits per heavy atom. The molecular weight excluding hydrogens is 376 g/mol. The number of amides is 3. The Hall–Kier alpha value is -3.43. The summed E-state index contributed by atoms with van der Waals surface area (Å²) in [6.07, 6.45) is 4.71. The van der Waals surface area contributed by atoms with Crippen molar-refractivity contribution < 1.29 is 19.1 Å². The van der Waals surface area contributed by atoms with E-state index in [0.717, 1.165) is 18.5 Å². The van der Waals surface area contributed by atoms with Gasteiger partial charge >= 0.3 is 6.09 Å². The van der Waals surface area contributed by atoms with Crippen molar-refractivity contribution in [3.63, 3.8) is 0 Å². The van der Waals surface area contributed by atoms with Gasteiger partial charge < -0.3 is 15.4 Å². The number of carbonyl (C=O) groups is 3. The average Bonchev–Trinajstić information content (AvgIpc) is 3.35. The summed E-state index contributed by atoms with van der Waals surface area (Å²) in [5.41, 5.74) is 1.84. The van der Waals surface area contributed by atoms with Crippen molar-refractivity contribution in [2.24, 2.45) is 0 Å². The van der Waals surface area contributed by atoms with E-state index in [2.05, 4.69) is 31.1 Å². The zero-order valence-electron chi connectivity index (χ0n) is 16.1. The second-order valence-corrected chi connectivity index (χ2v) is 7.56. The maximum atomic E-state index is 12.0. The number of nitrogens with one attached hydrogen (secondary N) is 4. The Bertz CT molecular complexity index is 969. The number of rotatable bonds is 5. The van der Waals surface area contributed by atoms with Gasteiger partial charge in [0.15, 0.2) is 5.82 Å². The van der Waals surface area contributed by atoms with Crippen LogP contribution in [0.3, 0.4) is 0 Å². The van der Waals surface area contributed by atoms with Crippen LogP contribution < -0.4 is 16.0 Å². The number of nitrogens with zero attached hydrogens (tertiary/aromatic N) is 2. The van der Waals surface area contributed by atoms with E-state index in [1.807, 2.05) is 19.9 Å². The van der Waals surface area contributed by atoms with E-state index < -0.39 is 17.9 Å². The lowest BCUT2D eigenvalue weighted by Crippen LogP contribution is -2.33. The number of fused-ring (bicyclic) bond motifs is 1. The highest BCUT2D eigenvalue weighted by atomic mass is 16.6. The first kappa shape index (κ1) is 18.9. The number of hydrogen-bond donors (Lipinski definition) is 4. The number of alkyl carbamates (subject to hydrolysis) is 1. The second kappa shape index (κ2) is 7.53. The van der Waals surface area contributed by atoms with Crippen molar-refractivity contribution in [1.82, 2.24) is 25.8 Å². The summed E-state index contributed by atoms with van der Waals surface area (Å²) in [6.45, 7) is 3.77. The van der Waals surface area contributed by atoms with Gasteiger partial charge in [-0.3, -0.25) is 25.0 Å². The standard InChI is InChI=1S/C19H22N6O4/c1-9(2)21-19(28)29-11-4-3-10(5-11)13-6-15(25-24-13)22-14-8-20-7-12-16(14)18(27)23-17(12)26/h6-11H,3-5H2,1-2H3,(H,21,28)(H2,22,24,25)(H,23,26,27)/t10-,11+/m0/s1. The van der Waals surface area contributed by atoms with Crippen molar-refractivity contribution in [1.29, 1.82) is 0 Å². The first-order valence-electron chi connectivity index (χ1n) is 9.54. The number of carbonyl (C=O) groups excluding carboxylic acids is 3. The summed E-state index contributed by atoms with van der Waals surface area (Å²) in [6, 6.07) is 1.89. The molecule has 0 aromatic carbocycles. The van der Waals surface area contributed by atoms with Crippen LogP contribution in [0, 0.1) is 0 Å². The van der Waals surface area contributed by atoms with E-state index in [4.69, 9.17) is 4.74 Å². The Labute approximate surface area is 166 Å². The molecule has 2 atom stereocenters. The molecule has 0 saturated heterocycles. The number of aromatic nitrogens is 3. The zero-order valence-corrected chi connectivity index (χ0v) is 16.1. The summed E-state index contributed by atoms with van der Waals surface area (Å²) >= 11 is 0. The average molecular weight is 398 g/mol. The van der Waals surface area contributed by atoms with E-state index in [1.165, 1.54) is 12.4 Å². The van der Waals surface area contributed by atoms with Crippen molar-refractivity contribution in [2.45, 2.75) is 51.2 Å². The summed E-state index contributed by atoms with van der Waals surface area (Å²) in [7, 11) is 0. The number of imide groups is 1. The maximum absolute atomic E-state index is 12.0. The van der Waals surface area contributed by atoms with E-state index in [1.54, 1.807) is 0 Å². The molecule has 10 heteroatoms. The van der Waals surface area contributed by atoms with Gasteiger partial charge in [-0.05, 0) is 33.1 Å². The van der Waals surface area contributed by atoms with Crippen molar-refractivity contribution in [2.75, 3.05) is 5.32 Å². The quantitative estimate of drug-likeness (QED) is 0.566. The molecule has 0 spiro atoms. The molecule has 3 amide bonds. The van der Waals surface area contributed by atoms with Crippen molar-refractivity contribution >= 4 is 29.4 Å². The molecule has 10 nitrogen and oxygen atoms in total. The third kappa shape index (κ3) is 3.91. The summed E-state index contributed by atoms with van der Waals surface area (Å²) in [4.78, 5) is 39.6. The van der Waals surface area contributed by atoms with Crippen LogP contribution in [0.15, 0.2) is 18.5 Å². The van der Waals surface area contributed by atoms with Gasteiger partial charge in [0.05, 0.1) is 23.0 Å². The fourth-order valence-electron chi connectivity index (χ4n) is 3.70. The van der Waals surface area contributed by atoms with Gasteiger partial charge in [-0.1, -0.05) is 0 Å². The number of hydrogen-bond acceptors (Lipinski definition) is 7. The third-order valence-electron chi connectivity index (χ3n) is 5.01. The molecule has 2 aromatic heterocycles. The Kier molecular flexibility index (Phi) is 4.91. The third-order valence-corrected chi connectivity index (χ3v) is 5.01. The Morgan fingerprint density at radius 2 is 2.07 bits per heavy atom. The maximum Gasteiger partial charge on any atom is 0.407 e. The van der Waals surface area contributed by atoms with Crippen LogP contribution in [-0.2, 0) is 4.74 Å². The molecule has 29 heavy (non-hydrogen) atoms. The summed E-state index contributed by atoms with van der Waals surface area (Å²) in [5.74, 6) is -0.202. The number of ether oxygens (including phenoxy) is 1. The van der Waals surface area contributed by atoms with Gasteiger partial charge in [0.25, 0.3) is 11.8 Å². The predicted octanol–water partition coefficient (Wildman–Crippen LogP) is 2.20. The molecule has 1 saturated carbocycles. The predicted molar refractivity (Wildman–Crippen MR) is 103 cm³/mol. The van der Waals surface area contributed by atoms with Crippen LogP contribution in [0.2, 0.25) is 0 Å². The molecule has 152 valence electrons. The van der Waals surface area contributed by atoms with Gasteiger partial charge in [-0.2, -0.15) is 5.10 Å². The molecule has 1 aliphatic heterocycles. The summed E-state index contributed by atoms with van der Waals surface area (Å²) in [5, 5.41) is 15.3. The lowest BCUT2D eigenvalue weighted by molar-refractivity contribution is 0.0878. The zero-order chi connectivity index (χ0) is 20.5. The Morgan fingerprint density at radius 3 is 2.86 bits per heavy atom. The molecule has 1 fully saturated rings. The van der Waals surface area contributed by atoms with Gasteiger partial charge in [0.2, 0.25) is 0 Å². The molecule has 1 aliphatic carbocycles. The SMILES string of the molecule is CC(C)NC(=O)O[C@@H]1CC[C@H](c2cc(Nc3cncc4c3C(=O)NC4=O)n[nH]2)C1. The summed E-state index contributed by atoms with van der Waals surface area (Å²) < 4.78 is 5.46. The van der Waals surface area contributed by atoms with Gasteiger partial charge in [-0.25, -0.2) is 4.79 Å². The van der Waals surface area contributed by atoms with Crippen LogP contribution in [0.4, 0.5) is 16.3 Å². The first-order valence-corrected chi connectivity index (χ1v) is 9.54. The normalized spacial score (nSPS) is 20.5. The van der Waals surface area contributed by atoms with Crippen LogP contribution in [0.25, 0.3) is 0 Å². The van der Waals surface area contributed by atoms with Gasteiger partial charge in [-0.15, -0.1) is 0 Å². The smallest absolute Gasteiger partial charge is 0.407 e. The minimum atomic E-state index is -0.457. The lowest BCUT2D eigenvalue weighted by atomic mass is 10.0. The van der Waals surface area contributed by atoms with Crippen LogP contribution in [0.5, 0.6) is 0 Å². The molecule has 3 heterocycles. The highest BCUT2D eigenvalue weighted by molar-refractivity contribution is 6.23. The molecule has 0 unspecified atom stereocenters. The molecule has 2 aliphatic rings. The molecule has 2 aromatic rings. The molecule has 0 bridgehead atoms. The molecule has 0 radical (unpaired) electrons. The van der Waals surface area contributed by atoms with Crippen molar-refractivity contribution in [3.8, 4) is 0 Å². The highest BCUT2D eigenvalue weighted by Gasteiger charge is 2.32. The van der Waals surface area contributed by atoms with Crippen molar-refractivity contribution in [3.05, 3.63) is 35.3 Å². The Balaban J connectivity index is 1.41. The minimum absolute atomic E-state index is 0.0345. The minimum Gasteiger partial charge on any atom is -0.446 e. The largest absolute Gasteiger partial charge is 0.446 e. The number of anilines is 2. The fraction of sp³-hybridized carbons (Fsp3) is 0.421. The van der Waals surface area contributed by atoms with Crippen LogP contribution >= 0.6 is 0 Å².